The summed E-state index contributed by atoms with van der Waals surface area (Å²) < 4.78 is 18.0. The molecular formula is C5H7O5P. The van der Waals surface area contributed by atoms with Gasteiger partial charge in [-0.3, -0.25) is 0 Å². The van der Waals surface area contributed by atoms with Crippen LogP contribution >= 0.6 is 8.25 Å². The highest BCUT2D eigenvalue weighted by atomic mass is 31.1. The van der Waals surface area contributed by atoms with Crippen LogP contribution in [0.15, 0.2) is 12.2 Å². The minimum atomic E-state index is -2.96. The normalized spacial score (nSPS) is 10.5. The molecule has 0 amide bonds. The van der Waals surface area contributed by atoms with Gasteiger partial charge in [0.2, 0.25) is 6.79 Å². The van der Waals surface area contributed by atoms with Crippen molar-refractivity contribution in [2.45, 2.75) is 6.92 Å². The maximum absolute atomic E-state index is 10.5. The van der Waals surface area contributed by atoms with E-state index in [4.69, 9.17) is 0 Å². The van der Waals surface area contributed by atoms with Gasteiger partial charge in [-0.05, 0) is 11.5 Å². The van der Waals surface area contributed by atoms with Gasteiger partial charge in [0.25, 0.3) is 0 Å². The van der Waals surface area contributed by atoms with Gasteiger partial charge in [0.1, 0.15) is 0 Å². The summed E-state index contributed by atoms with van der Waals surface area (Å²) >= 11 is 0. The summed E-state index contributed by atoms with van der Waals surface area (Å²) in [6.45, 7) is 4.12. The number of hydrogen-bond donors (Lipinski definition) is 0. The summed E-state index contributed by atoms with van der Waals surface area (Å²) in [6.07, 6.45) is 0. The van der Waals surface area contributed by atoms with Gasteiger partial charge in [0.15, 0.2) is 0 Å². The quantitative estimate of drug-likeness (QED) is 0.264. The van der Waals surface area contributed by atoms with Crippen molar-refractivity contribution in [1.29, 1.82) is 0 Å². The van der Waals surface area contributed by atoms with E-state index in [2.05, 4.69) is 15.8 Å². The second kappa shape index (κ2) is 4.96. The van der Waals surface area contributed by atoms with Gasteiger partial charge in [-0.2, -0.15) is 0 Å². The van der Waals surface area contributed by atoms with Crippen LogP contribution in [0.5, 0.6) is 0 Å². The number of carbonyl (C=O) groups excluding carboxylic acids is 1. The van der Waals surface area contributed by atoms with Crippen LogP contribution in [0.4, 0.5) is 0 Å². The van der Waals surface area contributed by atoms with Crippen LogP contribution in [-0.2, 0) is 18.6 Å². The largest absolute Gasteiger partial charge is 0.566 e. The molecule has 0 aliphatic rings. The topological polar surface area (TPSA) is 75.7 Å². The molecule has 0 aliphatic carbocycles. The molecule has 0 radical (unpaired) electrons. The second-order valence-electron chi connectivity index (χ2n) is 1.68. The van der Waals surface area contributed by atoms with E-state index in [-0.39, 0.29) is 5.57 Å². The molecule has 0 N–H and O–H groups in total. The maximum Gasteiger partial charge on any atom is 0.492 e. The number of rotatable bonds is 4. The van der Waals surface area contributed by atoms with E-state index in [9.17, 15) is 14.3 Å². The molecule has 0 aromatic heterocycles. The standard InChI is InChI=1S/C5H7O5P/c1-4(2)5(6)9-3-10-11(7)8/h1,3H2,2H3. The van der Waals surface area contributed by atoms with Gasteiger partial charge < -0.3 is 9.63 Å². The number of carbonyl (C=O) groups is 1. The van der Waals surface area contributed by atoms with E-state index in [0.717, 1.165) is 0 Å². The minimum absolute atomic E-state index is 0.190. The zero-order valence-corrected chi connectivity index (χ0v) is 6.80. The van der Waals surface area contributed by atoms with Crippen molar-refractivity contribution in [2.24, 2.45) is 0 Å². The van der Waals surface area contributed by atoms with Crippen LogP contribution in [-0.4, -0.2) is 12.8 Å². The average Bonchev–Trinajstić information content (AvgIpc) is 1.86. The lowest BCUT2D eigenvalue weighted by Gasteiger charge is -1.98. The molecule has 0 aromatic carbocycles. The molecule has 6 heteroatoms. The van der Waals surface area contributed by atoms with E-state index in [0.29, 0.717) is 0 Å². The lowest BCUT2D eigenvalue weighted by atomic mass is 10.4. The highest BCUT2D eigenvalue weighted by molar-refractivity contribution is 7.30. The summed E-state index contributed by atoms with van der Waals surface area (Å²) in [5, 5.41) is 0. The molecule has 62 valence electrons. The third-order valence-corrected chi connectivity index (χ3v) is 1.01. The molecule has 0 saturated heterocycles. The first-order valence-electron chi connectivity index (χ1n) is 2.64. The first-order valence-corrected chi connectivity index (χ1v) is 3.73. The van der Waals surface area contributed by atoms with E-state index < -0.39 is 21.0 Å². The third kappa shape index (κ3) is 5.66. The summed E-state index contributed by atoms with van der Waals surface area (Å²) in [5.41, 5.74) is 0.190. The van der Waals surface area contributed by atoms with Crippen LogP contribution in [0.1, 0.15) is 6.92 Å². The molecular weight excluding hydrogens is 171 g/mol. The zero-order chi connectivity index (χ0) is 8.85. The summed E-state index contributed by atoms with van der Waals surface area (Å²) in [4.78, 5) is 20.3. The number of ether oxygens (including phenoxy) is 1. The molecule has 0 bridgehead atoms. The summed E-state index contributed by atoms with van der Waals surface area (Å²) in [6, 6.07) is 0. The van der Waals surface area contributed by atoms with Crippen molar-refractivity contribution < 1.29 is 23.5 Å². The predicted octanol–water partition coefficient (Wildman–Crippen LogP) is 0.0975. The van der Waals surface area contributed by atoms with Crippen molar-refractivity contribution in [1.82, 2.24) is 0 Å². The first kappa shape index (κ1) is 10.2. The van der Waals surface area contributed by atoms with Crippen LogP contribution < -0.4 is 4.89 Å². The second-order valence-corrected chi connectivity index (χ2v) is 2.39. The predicted molar refractivity (Wildman–Crippen MR) is 34.5 cm³/mol. The fourth-order valence-corrected chi connectivity index (χ4v) is 0.385. The van der Waals surface area contributed by atoms with Crippen molar-refractivity contribution in [3.8, 4) is 0 Å². The molecule has 0 rings (SSSR count). The van der Waals surface area contributed by atoms with Gasteiger partial charge in [-0.15, -0.1) is 4.52 Å². The van der Waals surface area contributed by atoms with Crippen molar-refractivity contribution in [2.75, 3.05) is 6.79 Å². The lowest BCUT2D eigenvalue weighted by Crippen LogP contribution is -2.07. The highest BCUT2D eigenvalue weighted by Crippen LogP contribution is 2.07. The SMILES string of the molecule is C=C(C)C(=O)OCO[P+](=O)[O-]. The summed E-state index contributed by atoms with van der Waals surface area (Å²) in [7, 11) is -2.96. The Bertz CT molecular complexity index is 187. The fourth-order valence-electron chi connectivity index (χ4n) is 0.246. The highest BCUT2D eigenvalue weighted by Gasteiger charge is 2.06. The van der Waals surface area contributed by atoms with Gasteiger partial charge in [-0.25, -0.2) is 4.79 Å². The zero-order valence-electron chi connectivity index (χ0n) is 5.90. The van der Waals surface area contributed by atoms with Gasteiger partial charge in [0, 0.05) is 5.57 Å². The fraction of sp³-hybridized carbons (Fsp3) is 0.400. The van der Waals surface area contributed by atoms with Crippen LogP contribution in [0.3, 0.4) is 0 Å². The van der Waals surface area contributed by atoms with Crippen LogP contribution in [0, 0.1) is 0 Å². The van der Waals surface area contributed by atoms with Crippen molar-refractivity contribution in [3.63, 3.8) is 0 Å². The Morgan fingerprint density at radius 2 is 2.27 bits per heavy atom. The Morgan fingerprint density at radius 3 is 2.64 bits per heavy atom. The lowest BCUT2D eigenvalue weighted by molar-refractivity contribution is -0.193. The Labute approximate surface area is 64.6 Å². The number of esters is 1. The minimum Gasteiger partial charge on any atom is -0.566 e. The smallest absolute Gasteiger partial charge is 0.492 e. The molecule has 5 nitrogen and oxygen atoms in total. The Hall–Kier alpha value is -0.770. The first-order chi connectivity index (χ1) is 5.04. The maximum atomic E-state index is 10.5. The molecule has 1 unspecified atom stereocenters. The molecule has 0 heterocycles. The van der Waals surface area contributed by atoms with E-state index in [1.54, 1.807) is 0 Å². The molecule has 0 fully saturated rings. The monoisotopic (exact) mass is 178 g/mol. The van der Waals surface area contributed by atoms with E-state index in [1.807, 2.05) is 0 Å². The van der Waals surface area contributed by atoms with Gasteiger partial charge in [-0.1, -0.05) is 6.58 Å². The average molecular weight is 178 g/mol. The molecule has 0 aliphatic heterocycles. The van der Waals surface area contributed by atoms with E-state index >= 15 is 0 Å². The Balaban J connectivity index is 3.47. The van der Waals surface area contributed by atoms with Gasteiger partial charge in [0.05, 0.1) is 0 Å². The van der Waals surface area contributed by atoms with Crippen molar-refractivity contribution in [3.05, 3.63) is 12.2 Å². The van der Waals surface area contributed by atoms with E-state index in [1.165, 1.54) is 6.92 Å². The Kier molecular flexibility index (Phi) is 4.61. The molecule has 0 spiro atoms. The molecule has 1 atom stereocenters. The third-order valence-electron chi connectivity index (χ3n) is 0.697. The molecule has 0 saturated carbocycles. The Morgan fingerprint density at radius 1 is 1.73 bits per heavy atom. The van der Waals surface area contributed by atoms with Crippen molar-refractivity contribution >= 4 is 14.2 Å². The number of hydrogen-bond acceptors (Lipinski definition) is 5. The molecule has 11 heavy (non-hydrogen) atoms. The summed E-state index contributed by atoms with van der Waals surface area (Å²) in [5.74, 6) is -0.679. The van der Waals surface area contributed by atoms with Crippen LogP contribution in [0.2, 0.25) is 0 Å². The van der Waals surface area contributed by atoms with Crippen LogP contribution in [0.25, 0.3) is 0 Å². The molecule has 0 aromatic rings. The van der Waals surface area contributed by atoms with Gasteiger partial charge >= 0.3 is 14.2 Å².